The molecule has 9 heteroatoms. The molecule has 1 amide bonds. The molecule has 1 heterocycles. The Morgan fingerprint density at radius 2 is 2.07 bits per heavy atom. The number of aromatic nitrogens is 4. The fourth-order valence-corrected chi connectivity index (χ4v) is 2.71. The van der Waals surface area contributed by atoms with Crippen LogP contribution < -0.4 is 10.2 Å². The summed E-state index contributed by atoms with van der Waals surface area (Å²) in [6.45, 7) is 3.80. The zero-order chi connectivity index (χ0) is 19.9. The van der Waals surface area contributed by atoms with Gasteiger partial charge in [-0.2, -0.15) is 9.90 Å². The summed E-state index contributed by atoms with van der Waals surface area (Å²) >= 11 is 3.42. The van der Waals surface area contributed by atoms with Gasteiger partial charge in [-0.1, -0.05) is 46.3 Å². The third-order valence-electron chi connectivity index (χ3n) is 3.50. The number of benzene rings is 2. The number of nitrogens with one attached hydrogen (secondary N) is 1. The van der Waals surface area contributed by atoms with Crippen molar-refractivity contribution >= 4 is 28.1 Å². The number of hydrazone groups is 1. The summed E-state index contributed by atoms with van der Waals surface area (Å²) in [7, 11) is 0. The largest absolute Gasteiger partial charge is 0.490 e. The predicted octanol–water partition coefficient (Wildman–Crippen LogP) is 3.04. The lowest BCUT2D eigenvalue weighted by Gasteiger charge is -2.12. The maximum Gasteiger partial charge on any atom is 0.263 e. The lowest BCUT2D eigenvalue weighted by Crippen LogP contribution is -2.24. The first-order valence-electron chi connectivity index (χ1n) is 8.62. The summed E-state index contributed by atoms with van der Waals surface area (Å²) < 4.78 is 6.63. The molecule has 0 bridgehead atoms. The Bertz CT molecular complexity index is 972. The van der Waals surface area contributed by atoms with Gasteiger partial charge in [0.25, 0.3) is 5.91 Å². The van der Waals surface area contributed by atoms with E-state index in [9.17, 15) is 4.79 Å². The Morgan fingerprint density at radius 1 is 1.29 bits per heavy atom. The molecule has 0 aliphatic heterocycles. The van der Waals surface area contributed by atoms with E-state index in [1.807, 2.05) is 62.4 Å². The summed E-state index contributed by atoms with van der Waals surface area (Å²) in [6.07, 6.45) is 1.56. The second kappa shape index (κ2) is 9.23. The molecule has 0 spiro atoms. The van der Waals surface area contributed by atoms with Gasteiger partial charge in [-0.3, -0.25) is 4.79 Å². The van der Waals surface area contributed by atoms with E-state index in [0.717, 1.165) is 15.6 Å². The van der Waals surface area contributed by atoms with Crippen LogP contribution in [0.3, 0.4) is 0 Å². The van der Waals surface area contributed by atoms with Crippen LogP contribution in [0.5, 0.6) is 5.75 Å². The maximum absolute atomic E-state index is 12.1. The molecule has 3 aromatic rings. The van der Waals surface area contributed by atoms with Gasteiger partial charge in [-0.15, -0.1) is 10.2 Å². The molecule has 0 aliphatic rings. The lowest BCUT2D eigenvalue weighted by atomic mass is 10.2. The molecule has 1 N–H and O–H groups in total. The molecule has 2 aromatic carbocycles. The third kappa shape index (κ3) is 5.46. The molecule has 8 nitrogen and oxygen atoms in total. The summed E-state index contributed by atoms with van der Waals surface area (Å²) in [5.74, 6) is 0.776. The smallest absolute Gasteiger partial charge is 0.263 e. The van der Waals surface area contributed by atoms with Gasteiger partial charge in [-0.05, 0) is 37.3 Å². The number of rotatable bonds is 7. The average Bonchev–Trinajstić information content (AvgIpc) is 3.12. The number of hydrogen-bond donors (Lipinski definition) is 1. The van der Waals surface area contributed by atoms with E-state index in [-0.39, 0.29) is 18.6 Å². The molecule has 1 aromatic heterocycles. The summed E-state index contributed by atoms with van der Waals surface area (Å²) in [5.41, 5.74) is 4.04. The molecular formula is C19H19BrN6O2. The summed E-state index contributed by atoms with van der Waals surface area (Å²) in [4.78, 5) is 13.3. The molecule has 0 saturated carbocycles. The zero-order valence-electron chi connectivity index (χ0n) is 15.4. The highest BCUT2D eigenvalue weighted by atomic mass is 79.9. The number of amides is 1. The van der Waals surface area contributed by atoms with E-state index in [2.05, 4.69) is 41.9 Å². The number of carbonyl (C=O) groups excluding carboxylic acids is 1. The Labute approximate surface area is 170 Å². The number of tetrazole rings is 1. The molecule has 28 heavy (non-hydrogen) atoms. The van der Waals surface area contributed by atoms with Crippen LogP contribution in [-0.4, -0.2) is 38.4 Å². The molecule has 0 atom stereocenters. The second-order valence-corrected chi connectivity index (χ2v) is 7.07. The Kier molecular flexibility index (Phi) is 6.49. The molecule has 0 unspecified atom stereocenters. The van der Waals surface area contributed by atoms with E-state index >= 15 is 0 Å². The molecule has 3 rings (SSSR count). The molecule has 0 fully saturated rings. The quantitative estimate of drug-likeness (QED) is 0.448. The first kappa shape index (κ1) is 19.7. The van der Waals surface area contributed by atoms with E-state index in [1.165, 1.54) is 11.0 Å². The third-order valence-corrected chi connectivity index (χ3v) is 3.99. The molecule has 0 saturated heterocycles. The fourth-order valence-electron chi connectivity index (χ4n) is 2.33. The minimum Gasteiger partial charge on any atom is -0.490 e. The van der Waals surface area contributed by atoms with Gasteiger partial charge in [0.1, 0.15) is 12.3 Å². The van der Waals surface area contributed by atoms with Gasteiger partial charge in [0.05, 0.1) is 12.3 Å². The van der Waals surface area contributed by atoms with Crippen molar-refractivity contribution in [1.29, 1.82) is 0 Å². The van der Waals surface area contributed by atoms with Crippen LogP contribution in [0.1, 0.15) is 19.4 Å². The van der Waals surface area contributed by atoms with Crippen LogP contribution in [0.15, 0.2) is 58.1 Å². The van der Waals surface area contributed by atoms with Gasteiger partial charge in [0, 0.05) is 15.6 Å². The number of hydrogen-bond acceptors (Lipinski definition) is 6. The lowest BCUT2D eigenvalue weighted by molar-refractivity contribution is -0.122. The number of nitrogens with zero attached hydrogens (tertiary/aromatic N) is 5. The molecule has 144 valence electrons. The van der Waals surface area contributed by atoms with Gasteiger partial charge in [0.2, 0.25) is 5.82 Å². The molecule has 0 radical (unpaired) electrons. The van der Waals surface area contributed by atoms with Gasteiger partial charge in [0.15, 0.2) is 0 Å². The van der Waals surface area contributed by atoms with Crippen LogP contribution in [0, 0.1) is 0 Å². The van der Waals surface area contributed by atoms with Crippen molar-refractivity contribution in [3.8, 4) is 17.1 Å². The highest BCUT2D eigenvalue weighted by Gasteiger charge is 2.09. The SMILES string of the molecule is CC(C)Oc1ccc(Br)cc1/C=N/NC(=O)Cn1nnc(-c2ccccc2)n1. The minimum absolute atomic E-state index is 0.0279. The van der Waals surface area contributed by atoms with Crippen LogP contribution in [-0.2, 0) is 11.3 Å². The summed E-state index contributed by atoms with van der Waals surface area (Å²) in [5, 5.41) is 16.0. The van der Waals surface area contributed by atoms with Crippen LogP contribution in [0.25, 0.3) is 11.4 Å². The van der Waals surface area contributed by atoms with Gasteiger partial charge in [-0.25, -0.2) is 5.43 Å². The first-order valence-corrected chi connectivity index (χ1v) is 9.42. The predicted molar refractivity (Wildman–Crippen MR) is 109 cm³/mol. The molecule has 0 aliphatic carbocycles. The van der Waals surface area contributed by atoms with Crippen molar-refractivity contribution in [1.82, 2.24) is 25.6 Å². The summed E-state index contributed by atoms with van der Waals surface area (Å²) in [6, 6.07) is 15.0. The second-order valence-electron chi connectivity index (χ2n) is 6.15. The van der Waals surface area contributed by atoms with E-state index in [1.54, 1.807) is 0 Å². The van der Waals surface area contributed by atoms with Crippen molar-refractivity contribution in [2.45, 2.75) is 26.5 Å². The van der Waals surface area contributed by atoms with Crippen molar-refractivity contribution in [3.05, 3.63) is 58.6 Å². The highest BCUT2D eigenvalue weighted by molar-refractivity contribution is 9.10. The van der Waals surface area contributed by atoms with Crippen molar-refractivity contribution in [2.75, 3.05) is 0 Å². The molecular weight excluding hydrogens is 424 g/mol. The van der Waals surface area contributed by atoms with Crippen molar-refractivity contribution in [3.63, 3.8) is 0 Å². The standard InChI is InChI=1S/C19H19BrN6O2/c1-13(2)28-17-9-8-16(20)10-15(17)11-21-22-18(27)12-26-24-19(23-25-26)14-6-4-3-5-7-14/h3-11,13H,12H2,1-2H3,(H,22,27)/b21-11+. The normalized spacial score (nSPS) is 11.1. The fraction of sp³-hybridized carbons (Fsp3) is 0.211. The van der Waals surface area contributed by atoms with E-state index in [0.29, 0.717) is 11.6 Å². The topological polar surface area (TPSA) is 94.3 Å². The highest BCUT2D eigenvalue weighted by Crippen LogP contribution is 2.22. The van der Waals surface area contributed by atoms with Crippen LogP contribution in [0.2, 0.25) is 0 Å². The van der Waals surface area contributed by atoms with Crippen molar-refractivity contribution < 1.29 is 9.53 Å². The Hall–Kier alpha value is -3.07. The van der Waals surface area contributed by atoms with Crippen LogP contribution in [0.4, 0.5) is 0 Å². The van der Waals surface area contributed by atoms with Gasteiger partial charge >= 0.3 is 0 Å². The monoisotopic (exact) mass is 442 g/mol. The number of carbonyl (C=O) groups is 1. The van der Waals surface area contributed by atoms with Crippen LogP contribution >= 0.6 is 15.9 Å². The van der Waals surface area contributed by atoms with Gasteiger partial charge < -0.3 is 4.74 Å². The van der Waals surface area contributed by atoms with E-state index < -0.39 is 0 Å². The average molecular weight is 443 g/mol. The first-order chi connectivity index (χ1) is 13.5. The Balaban J connectivity index is 1.60. The minimum atomic E-state index is -0.366. The van der Waals surface area contributed by atoms with E-state index in [4.69, 9.17) is 4.74 Å². The zero-order valence-corrected chi connectivity index (χ0v) is 17.0. The Morgan fingerprint density at radius 3 is 2.82 bits per heavy atom. The van der Waals surface area contributed by atoms with Crippen molar-refractivity contribution in [2.24, 2.45) is 5.10 Å². The number of halogens is 1. The number of ether oxygens (including phenoxy) is 1. The maximum atomic E-state index is 12.1.